The molecule has 0 fully saturated rings. The van der Waals surface area contributed by atoms with Crippen LogP contribution in [0.25, 0.3) is 0 Å². The zero-order chi connectivity index (χ0) is 15.5. The van der Waals surface area contributed by atoms with Gasteiger partial charge in [-0.2, -0.15) is 0 Å². The summed E-state index contributed by atoms with van der Waals surface area (Å²) >= 11 is 0. The van der Waals surface area contributed by atoms with Crippen molar-refractivity contribution in [1.82, 2.24) is 10.2 Å². The average Bonchev–Trinajstić information content (AvgIpc) is 2.38. The van der Waals surface area contributed by atoms with Gasteiger partial charge in [-0.3, -0.25) is 0 Å². The van der Waals surface area contributed by atoms with Crippen LogP contribution in [-0.2, 0) is 0 Å². The van der Waals surface area contributed by atoms with Crippen molar-refractivity contribution in [2.45, 2.75) is 59.3 Å². The van der Waals surface area contributed by atoms with Crippen LogP contribution in [0.3, 0.4) is 0 Å². The molecule has 0 radical (unpaired) electrons. The summed E-state index contributed by atoms with van der Waals surface area (Å²) in [6, 6.07) is 0. The van der Waals surface area contributed by atoms with Gasteiger partial charge >= 0.3 is 0 Å². The highest BCUT2D eigenvalue weighted by atomic mass is 15.1. The lowest BCUT2D eigenvalue weighted by Crippen LogP contribution is -2.35. The summed E-state index contributed by atoms with van der Waals surface area (Å²) in [6.45, 7) is 11.0. The molecule has 0 bridgehead atoms. The second-order valence-electron chi connectivity index (χ2n) is 8.33. The first-order valence-corrected chi connectivity index (χ1v) is 8.97. The van der Waals surface area contributed by atoms with Gasteiger partial charge in [0.1, 0.15) is 0 Å². The van der Waals surface area contributed by atoms with E-state index < -0.39 is 0 Å². The molecule has 0 unspecified atom stereocenters. The molecule has 0 aromatic heterocycles. The number of nitrogens with one attached hydrogen (secondary N) is 1. The summed E-state index contributed by atoms with van der Waals surface area (Å²) in [4.78, 5) is 2.27. The SMILES string of the molecule is C[C@@H]1CC2=C(C[C@H]1CNCCCN(C)C)C(C)(C)CCC2. The molecular formula is C19H36N2. The predicted molar refractivity (Wildman–Crippen MR) is 92.6 cm³/mol. The van der Waals surface area contributed by atoms with Crippen LogP contribution in [-0.4, -0.2) is 38.6 Å². The maximum atomic E-state index is 3.71. The molecule has 2 aliphatic carbocycles. The van der Waals surface area contributed by atoms with Crippen LogP contribution < -0.4 is 5.32 Å². The van der Waals surface area contributed by atoms with E-state index >= 15 is 0 Å². The fourth-order valence-electron chi connectivity index (χ4n) is 4.27. The molecule has 0 aromatic rings. The molecule has 2 rings (SSSR count). The maximum absolute atomic E-state index is 3.71. The molecule has 0 heterocycles. The third kappa shape index (κ3) is 4.56. The molecule has 2 nitrogen and oxygen atoms in total. The highest BCUT2D eigenvalue weighted by molar-refractivity contribution is 5.27. The van der Waals surface area contributed by atoms with Gasteiger partial charge in [-0.25, -0.2) is 0 Å². The maximum Gasteiger partial charge on any atom is -0.00127 e. The first-order chi connectivity index (χ1) is 9.90. The Kier molecular flexibility index (Phi) is 5.90. The molecule has 0 aliphatic heterocycles. The van der Waals surface area contributed by atoms with Crippen molar-refractivity contribution >= 4 is 0 Å². The van der Waals surface area contributed by atoms with E-state index in [2.05, 4.69) is 45.1 Å². The Bertz CT molecular complexity index is 368. The van der Waals surface area contributed by atoms with Crippen molar-refractivity contribution in [3.05, 3.63) is 11.1 Å². The summed E-state index contributed by atoms with van der Waals surface area (Å²) < 4.78 is 0. The zero-order valence-corrected chi connectivity index (χ0v) is 15.0. The molecule has 122 valence electrons. The smallest absolute Gasteiger partial charge is 0.00127 e. The van der Waals surface area contributed by atoms with E-state index in [4.69, 9.17) is 0 Å². The number of hydrogen-bond donors (Lipinski definition) is 1. The van der Waals surface area contributed by atoms with Gasteiger partial charge in [0, 0.05) is 0 Å². The Hall–Kier alpha value is -0.340. The zero-order valence-electron chi connectivity index (χ0n) is 15.0. The third-order valence-electron chi connectivity index (χ3n) is 5.73. The Balaban J connectivity index is 1.84. The van der Waals surface area contributed by atoms with Crippen LogP contribution in [0, 0.1) is 17.3 Å². The summed E-state index contributed by atoms with van der Waals surface area (Å²) in [5, 5.41) is 3.71. The van der Waals surface area contributed by atoms with Crippen molar-refractivity contribution in [2.75, 3.05) is 33.7 Å². The van der Waals surface area contributed by atoms with Crippen LogP contribution in [0.4, 0.5) is 0 Å². The normalized spacial score (nSPS) is 28.9. The van der Waals surface area contributed by atoms with E-state index in [1.807, 2.05) is 11.1 Å². The topological polar surface area (TPSA) is 15.3 Å². The van der Waals surface area contributed by atoms with Gasteiger partial charge in [0.2, 0.25) is 0 Å². The summed E-state index contributed by atoms with van der Waals surface area (Å²) in [6.07, 6.45) is 8.15. The summed E-state index contributed by atoms with van der Waals surface area (Å²) in [7, 11) is 4.31. The Morgan fingerprint density at radius 1 is 1.24 bits per heavy atom. The molecular weight excluding hydrogens is 256 g/mol. The lowest BCUT2D eigenvalue weighted by atomic mass is 9.63. The molecule has 0 amide bonds. The van der Waals surface area contributed by atoms with Crippen molar-refractivity contribution in [3.8, 4) is 0 Å². The number of hydrogen-bond acceptors (Lipinski definition) is 2. The number of nitrogens with zero attached hydrogens (tertiary/aromatic N) is 1. The van der Waals surface area contributed by atoms with Gasteiger partial charge in [0.05, 0.1) is 0 Å². The molecule has 21 heavy (non-hydrogen) atoms. The lowest BCUT2D eigenvalue weighted by Gasteiger charge is -2.43. The van der Waals surface area contributed by atoms with Gasteiger partial charge < -0.3 is 10.2 Å². The van der Waals surface area contributed by atoms with Gasteiger partial charge in [0.15, 0.2) is 0 Å². The monoisotopic (exact) mass is 292 g/mol. The van der Waals surface area contributed by atoms with E-state index in [1.54, 1.807) is 0 Å². The van der Waals surface area contributed by atoms with Crippen LogP contribution >= 0.6 is 0 Å². The first kappa shape index (κ1) is 17.0. The lowest BCUT2D eigenvalue weighted by molar-refractivity contribution is 0.250. The fourth-order valence-corrected chi connectivity index (χ4v) is 4.27. The number of allylic oxidation sites excluding steroid dienone is 2. The van der Waals surface area contributed by atoms with Crippen molar-refractivity contribution in [1.29, 1.82) is 0 Å². The van der Waals surface area contributed by atoms with E-state index in [-0.39, 0.29) is 0 Å². The molecule has 0 saturated heterocycles. The Morgan fingerprint density at radius 2 is 2.00 bits per heavy atom. The van der Waals surface area contributed by atoms with Crippen LogP contribution in [0.15, 0.2) is 11.1 Å². The van der Waals surface area contributed by atoms with Crippen molar-refractivity contribution in [2.24, 2.45) is 17.3 Å². The quantitative estimate of drug-likeness (QED) is 0.586. The molecule has 0 spiro atoms. The van der Waals surface area contributed by atoms with Crippen LogP contribution in [0.1, 0.15) is 59.3 Å². The van der Waals surface area contributed by atoms with E-state index in [0.717, 1.165) is 18.4 Å². The van der Waals surface area contributed by atoms with Gasteiger partial charge in [-0.1, -0.05) is 31.9 Å². The van der Waals surface area contributed by atoms with Crippen molar-refractivity contribution < 1.29 is 0 Å². The summed E-state index contributed by atoms with van der Waals surface area (Å²) in [5.74, 6) is 1.71. The molecule has 0 aromatic carbocycles. The van der Waals surface area contributed by atoms with Crippen molar-refractivity contribution in [3.63, 3.8) is 0 Å². The molecule has 0 saturated carbocycles. The molecule has 2 atom stereocenters. The average molecular weight is 293 g/mol. The van der Waals surface area contributed by atoms with Crippen LogP contribution in [0.5, 0.6) is 0 Å². The second kappa shape index (κ2) is 7.28. The van der Waals surface area contributed by atoms with E-state index in [1.165, 1.54) is 51.6 Å². The van der Waals surface area contributed by atoms with Gasteiger partial charge in [-0.05, 0) is 89.5 Å². The minimum atomic E-state index is 0.469. The van der Waals surface area contributed by atoms with Gasteiger partial charge in [0.25, 0.3) is 0 Å². The van der Waals surface area contributed by atoms with Gasteiger partial charge in [-0.15, -0.1) is 0 Å². The molecule has 2 heteroatoms. The second-order valence-corrected chi connectivity index (χ2v) is 8.33. The largest absolute Gasteiger partial charge is 0.316 e. The minimum Gasteiger partial charge on any atom is -0.316 e. The van der Waals surface area contributed by atoms with Crippen LogP contribution in [0.2, 0.25) is 0 Å². The predicted octanol–water partition coefficient (Wildman–Crippen LogP) is 4.08. The Labute approximate surface area is 132 Å². The fraction of sp³-hybridized carbons (Fsp3) is 0.895. The molecule has 1 N–H and O–H groups in total. The minimum absolute atomic E-state index is 0.469. The molecule has 2 aliphatic rings. The van der Waals surface area contributed by atoms with E-state index in [0.29, 0.717) is 5.41 Å². The Morgan fingerprint density at radius 3 is 2.71 bits per heavy atom. The highest BCUT2D eigenvalue weighted by Gasteiger charge is 2.36. The highest BCUT2D eigenvalue weighted by Crippen LogP contribution is 2.49. The first-order valence-electron chi connectivity index (χ1n) is 8.97. The van der Waals surface area contributed by atoms with E-state index in [9.17, 15) is 0 Å². The number of rotatable bonds is 6. The third-order valence-corrected chi connectivity index (χ3v) is 5.73. The standard InChI is InChI=1S/C19H36N2/c1-15-12-16-8-6-9-19(2,3)18(16)13-17(15)14-20-10-7-11-21(4)5/h15,17,20H,6-14H2,1-5H3/t15-,17+/m1/s1. The summed E-state index contributed by atoms with van der Waals surface area (Å²) in [5.41, 5.74) is 4.12.